The molecule has 0 aliphatic heterocycles. The minimum Gasteiger partial charge on any atom is -0.466 e. The van der Waals surface area contributed by atoms with E-state index in [0.29, 0.717) is 19.4 Å². The number of unbranched alkanes of at least 4 members (excludes halogenated alkanes) is 29. The van der Waals surface area contributed by atoms with Gasteiger partial charge >= 0.3 is 5.97 Å². The second-order valence-electron chi connectivity index (χ2n) is 16.4. The van der Waals surface area contributed by atoms with Crippen LogP contribution in [0.3, 0.4) is 0 Å². The summed E-state index contributed by atoms with van der Waals surface area (Å²) in [4.78, 5) is 24.4. The molecule has 0 aromatic heterocycles. The van der Waals surface area contributed by atoms with E-state index >= 15 is 0 Å². The van der Waals surface area contributed by atoms with E-state index in [9.17, 15) is 19.8 Å². The first-order valence-electron chi connectivity index (χ1n) is 24.3. The Bertz CT molecular complexity index is 915. The van der Waals surface area contributed by atoms with Crippen LogP contribution in [0.15, 0.2) is 36.5 Å². The number of carbonyl (C=O) groups is 2. The standard InChI is InChI=1S/C50H93NO5/c1-3-5-7-9-11-13-14-15-16-17-18-19-20-24-28-32-36-40-44-50(55)56-45-41-37-33-29-25-22-21-23-27-31-35-39-43-49(54)51-47(46-52)48(53)42-38-34-30-26-12-10-8-6-4-2/h13-14,16-17,38,42,47-48,52-53H,3-12,15,18-37,39-41,43-46H2,1-2H3,(H,51,54)/b14-13-,17-16-,42-38+. The molecule has 2 atom stereocenters. The van der Waals surface area contributed by atoms with E-state index in [0.717, 1.165) is 64.2 Å². The number of aliphatic hydroxyl groups is 2. The Morgan fingerprint density at radius 2 is 0.893 bits per heavy atom. The second kappa shape index (κ2) is 45.8. The maximum Gasteiger partial charge on any atom is 0.305 e. The molecule has 0 heterocycles. The summed E-state index contributed by atoms with van der Waals surface area (Å²) in [5, 5.41) is 22.9. The maximum atomic E-state index is 12.3. The fraction of sp³-hybridized carbons (Fsp3) is 0.840. The number of nitrogens with one attached hydrogen (secondary N) is 1. The third-order valence-electron chi connectivity index (χ3n) is 10.9. The normalized spacial score (nSPS) is 13.0. The SMILES string of the molecule is CCCCCC/C=C\C/C=C\CCCCCCCCCC(=O)OCCCCCCCCCCCCCCC(=O)NC(CO)C(O)/C=C/CCCCCCCCC. The van der Waals surface area contributed by atoms with E-state index in [1.54, 1.807) is 6.08 Å². The number of carbonyl (C=O) groups excluding carboxylic acids is 2. The van der Waals surface area contributed by atoms with Crippen molar-refractivity contribution in [3.05, 3.63) is 36.5 Å². The molecule has 0 bridgehead atoms. The summed E-state index contributed by atoms with van der Waals surface area (Å²) >= 11 is 0. The van der Waals surface area contributed by atoms with Gasteiger partial charge in [-0.3, -0.25) is 9.59 Å². The lowest BCUT2D eigenvalue weighted by molar-refractivity contribution is -0.143. The third kappa shape index (κ3) is 41.7. The van der Waals surface area contributed by atoms with Crippen molar-refractivity contribution in [2.24, 2.45) is 0 Å². The van der Waals surface area contributed by atoms with Crippen molar-refractivity contribution in [3.8, 4) is 0 Å². The van der Waals surface area contributed by atoms with Crippen molar-refractivity contribution < 1.29 is 24.5 Å². The van der Waals surface area contributed by atoms with Gasteiger partial charge in [-0.1, -0.05) is 204 Å². The molecule has 0 fully saturated rings. The van der Waals surface area contributed by atoms with Crippen molar-refractivity contribution in [2.75, 3.05) is 13.2 Å². The van der Waals surface area contributed by atoms with Crippen LogP contribution < -0.4 is 5.32 Å². The van der Waals surface area contributed by atoms with Crippen LogP contribution in [0.25, 0.3) is 0 Å². The molecule has 328 valence electrons. The number of hydrogen-bond donors (Lipinski definition) is 3. The molecule has 0 aromatic rings. The van der Waals surface area contributed by atoms with Gasteiger partial charge in [0, 0.05) is 12.8 Å². The first kappa shape index (κ1) is 54.1. The highest BCUT2D eigenvalue weighted by Crippen LogP contribution is 2.15. The predicted octanol–water partition coefficient (Wildman–Crippen LogP) is 14.1. The summed E-state index contributed by atoms with van der Waals surface area (Å²) in [5.74, 6) is -0.107. The summed E-state index contributed by atoms with van der Waals surface area (Å²) in [7, 11) is 0. The van der Waals surface area contributed by atoms with Gasteiger partial charge in [0.2, 0.25) is 5.91 Å². The molecule has 0 radical (unpaired) electrons. The van der Waals surface area contributed by atoms with Gasteiger partial charge in [0.15, 0.2) is 0 Å². The first-order chi connectivity index (χ1) is 27.5. The van der Waals surface area contributed by atoms with Crippen LogP contribution in [0.1, 0.15) is 245 Å². The topological polar surface area (TPSA) is 95.9 Å². The Kier molecular flexibility index (Phi) is 44.2. The number of amides is 1. The van der Waals surface area contributed by atoms with E-state index in [-0.39, 0.29) is 18.5 Å². The zero-order chi connectivity index (χ0) is 40.8. The van der Waals surface area contributed by atoms with Gasteiger partial charge in [0.1, 0.15) is 0 Å². The number of hydrogen-bond acceptors (Lipinski definition) is 5. The van der Waals surface area contributed by atoms with Crippen LogP contribution in [0.4, 0.5) is 0 Å². The van der Waals surface area contributed by atoms with Crippen LogP contribution in [0, 0.1) is 0 Å². The number of rotatable bonds is 44. The highest BCUT2D eigenvalue weighted by Gasteiger charge is 2.18. The Hall–Kier alpha value is -1.92. The molecule has 0 saturated carbocycles. The molecule has 3 N–H and O–H groups in total. The number of ether oxygens (including phenoxy) is 1. The molecule has 0 rings (SSSR count). The van der Waals surface area contributed by atoms with Gasteiger partial charge < -0.3 is 20.3 Å². The Balaban J connectivity index is 3.46. The fourth-order valence-corrected chi connectivity index (χ4v) is 7.13. The third-order valence-corrected chi connectivity index (χ3v) is 10.9. The minimum atomic E-state index is -0.853. The monoisotopic (exact) mass is 788 g/mol. The summed E-state index contributed by atoms with van der Waals surface area (Å²) in [6.45, 7) is 4.81. The molecule has 0 aliphatic rings. The highest BCUT2D eigenvalue weighted by molar-refractivity contribution is 5.76. The van der Waals surface area contributed by atoms with Gasteiger partial charge in [-0.15, -0.1) is 0 Å². The highest BCUT2D eigenvalue weighted by atomic mass is 16.5. The van der Waals surface area contributed by atoms with E-state index in [2.05, 4.69) is 43.5 Å². The molecule has 2 unspecified atom stereocenters. The smallest absolute Gasteiger partial charge is 0.305 e. The number of esters is 1. The molecule has 0 spiro atoms. The van der Waals surface area contributed by atoms with E-state index in [4.69, 9.17) is 4.74 Å². The van der Waals surface area contributed by atoms with Crippen molar-refractivity contribution in [2.45, 2.75) is 257 Å². The van der Waals surface area contributed by atoms with E-state index < -0.39 is 12.1 Å². The van der Waals surface area contributed by atoms with Crippen LogP contribution in [-0.2, 0) is 14.3 Å². The van der Waals surface area contributed by atoms with Gasteiger partial charge in [-0.25, -0.2) is 0 Å². The molecule has 6 heteroatoms. The second-order valence-corrected chi connectivity index (χ2v) is 16.4. The number of allylic oxidation sites excluding steroid dienone is 5. The average Bonchev–Trinajstić information content (AvgIpc) is 3.20. The summed E-state index contributed by atoms with van der Waals surface area (Å²) < 4.78 is 5.46. The van der Waals surface area contributed by atoms with Crippen molar-refractivity contribution >= 4 is 11.9 Å². The van der Waals surface area contributed by atoms with Crippen LogP contribution >= 0.6 is 0 Å². The first-order valence-corrected chi connectivity index (χ1v) is 24.3. The van der Waals surface area contributed by atoms with Gasteiger partial charge in [-0.05, 0) is 64.2 Å². The molecule has 0 aromatic carbocycles. The Labute approximate surface area is 347 Å². The lowest BCUT2D eigenvalue weighted by atomic mass is 10.0. The lowest BCUT2D eigenvalue weighted by Gasteiger charge is -2.20. The lowest BCUT2D eigenvalue weighted by Crippen LogP contribution is -2.45. The van der Waals surface area contributed by atoms with E-state index in [1.807, 2.05) is 6.08 Å². The summed E-state index contributed by atoms with van der Waals surface area (Å²) in [6, 6.07) is -0.638. The Morgan fingerprint density at radius 3 is 1.38 bits per heavy atom. The number of aliphatic hydroxyl groups excluding tert-OH is 2. The van der Waals surface area contributed by atoms with Gasteiger partial charge in [0.25, 0.3) is 0 Å². The zero-order valence-corrected chi connectivity index (χ0v) is 37.1. The minimum absolute atomic E-state index is 0.0194. The van der Waals surface area contributed by atoms with Crippen molar-refractivity contribution in [1.29, 1.82) is 0 Å². The van der Waals surface area contributed by atoms with Crippen molar-refractivity contribution in [3.63, 3.8) is 0 Å². The van der Waals surface area contributed by atoms with Crippen LogP contribution in [-0.4, -0.2) is 47.4 Å². The van der Waals surface area contributed by atoms with Crippen LogP contribution in [0.2, 0.25) is 0 Å². The molecule has 0 aliphatic carbocycles. The van der Waals surface area contributed by atoms with Gasteiger partial charge in [-0.2, -0.15) is 0 Å². The summed E-state index contributed by atoms with van der Waals surface area (Å²) in [5.41, 5.74) is 0. The Morgan fingerprint density at radius 1 is 0.500 bits per heavy atom. The maximum absolute atomic E-state index is 12.3. The molecular weight excluding hydrogens is 695 g/mol. The quantitative estimate of drug-likeness (QED) is 0.0325. The molecule has 56 heavy (non-hydrogen) atoms. The predicted molar refractivity (Wildman–Crippen MR) is 241 cm³/mol. The largest absolute Gasteiger partial charge is 0.466 e. The molecule has 0 saturated heterocycles. The zero-order valence-electron chi connectivity index (χ0n) is 37.1. The fourth-order valence-electron chi connectivity index (χ4n) is 7.13. The molecule has 6 nitrogen and oxygen atoms in total. The van der Waals surface area contributed by atoms with Crippen molar-refractivity contribution in [1.82, 2.24) is 5.32 Å². The summed E-state index contributed by atoms with van der Waals surface area (Å²) in [6.07, 6.45) is 54.2. The van der Waals surface area contributed by atoms with E-state index in [1.165, 1.54) is 154 Å². The molecular formula is C50H93NO5. The van der Waals surface area contributed by atoms with Crippen LogP contribution in [0.5, 0.6) is 0 Å². The van der Waals surface area contributed by atoms with Gasteiger partial charge in [0.05, 0.1) is 25.4 Å². The average molecular weight is 788 g/mol. The molecule has 1 amide bonds.